The molecule has 2 aromatic heterocycles. The van der Waals surface area contributed by atoms with Crippen LogP contribution in [-0.2, 0) is 19.7 Å². The minimum atomic E-state index is -0.216. The van der Waals surface area contributed by atoms with Crippen LogP contribution in [0.2, 0.25) is 0 Å². The number of aromatic amines is 1. The van der Waals surface area contributed by atoms with Crippen LogP contribution in [0, 0.1) is 12.1 Å². The molecule has 4 rings (SSSR count). The normalized spacial score (nSPS) is 10.6. The number of nitrogens with one attached hydrogen (secondary N) is 2. The van der Waals surface area contributed by atoms with E-state index in [1.165, 1.54) is 6.33 Å². The van der Waals surface area contributed by atoms with Crippen LogP contribution in [0.15, 0.2) is 42.7 Å². The first-order chi connectivity index (χ1) is 14.6. The van der Waals surface area contributed by atoms with E-state index in [2.05, 4.69) is 37.4 Å². The lowest BCUT2D eigenvalue weighted by molar-refractivity contribution is 0.0951. The van der Waals surface area contributed by atoms with Gasteiger partial charge in [-0.25, -0.2) is 4.98 Å². The van der Waals surface area contributed by atoms with Crippen LogP contribution in [0.4, 0.5) is 5.95 Å². The summed E-state index contributed by atoms with van der Waals surface area (Å²) in [7, 11) is 0. The van der Waals surface area contributed by atoms with E-state index in [1.54, 1.807) is 12.1 Å². The monoisotopic (exact) mass is 401 g/mol. The summed E-state index contributed by atoms with van der Waals surface area (Å²) in [5.41, 5.74) is 15.4. The molecule has 4 aromatic rings. The number of H-pyrrole nitrogens is 1. The number of nitrogens with zero attached hydrogens (tertiary/aromatic N) is 3. The summed E-state index contributed by atoms with van der Waals surface area (Å²) in [4.78, 5) is 27.3. The summed E-state index contributed by atoms with van der Waals surface area (Å²) in [6.07, 6.45) is 1.51. The molecule has 30 heavy (non-hydrogen) atoms. The smallest absolute Gasteiger partial charge is 0.260 e. The molecule has 0 unspecified atom stereocenters. The highest BCUT2D eigenvalue weighted by molar-refractivity contribution is 5.93. The second kappa shape index (κ2) is 8.46. The van der Waals surface area contributed by atoms with E-state index in [9.17, 15) is 4.79 Å². The number of ether oxygens (including phenoxy) is 1. The van der Waals surface area contributed by atoms with Crippen molar-refractivity contribution in [2.24, 2.45) is 5.73 Å². The van der Waals surface area contributed by atoms with Crippen molar-refractivity contribution >= 4 is 23.0 Å². The molecule has 9 heteroatoms. The second-order valence-electron chi connectivity index (χ2n) is 6.50. The largest absolute Gasteiger partial charge is 0.471 e. The van der Waals surface area contributed by atoms with Crippen LogP contribution >= 0.6 is 0 Å². The number of benzene rings is 1. The van der Waals surface area contributed by atoms with Crippen molar-refractivity contribution in [1.29, 1.82) is 0 Å². The number of nitrogens with two attached hydrogens (primary N) is 2. The molecule has 150 valence electrons. The Labute approximate surface area is 172 Å². The third-order valence-electron chi connectivity index (χ3n) is 4.39. The van der Waals surface area contributed by atoms with E-state index in [1.807, 2.05) is 24.3 Å². The fourth-order valence-corrected chi connectivity index (χ4v) is 2.78. The molecule has 0 atom stereocenters. The molecular weight excluding hydrogens is 382 g/mol. The van der Waals surface area contributed by atoms with Crippen molar-refractivity contribution in [3.05, 3.63) is 77.1 Å². The van der Waals surface area contributed by atoms with Crippen LogP contribution in [0.25, 0.3) is 11.2 Å². The highest BCUT2D eigenvalue weighted by Crippen LogP contribution is 2.20. The fourth-order valence-electron chi connectivity index (χ4n) is 2.78. The molecule has 0 saturated carbocycles. The Morgan fingerprint density at radius 1 is 1.10 bits per heavy atom. The summed E-state index contributed by atoms with van der Waals surface area (Å²) in [5.74, 6) is 0.232. The third kappa shape index (κ3) is 4.29. The number of nitrogen functional groups attached to an aromatic ring is 1. The van der Waals surface area contributed by atoms with Gasteiger partial charge in [-0.1, -0.05) is 36.4 Å². The van der Waals surface area contributed by atoms with Crippen molar-refractivity contribution in [3.63, 3.8) is 0 Å². The van der Waals surface area contributed by atoms with Crippen LogP contribution in [0.1, 0.15) is 27.0 Å². The molecule has 9 nitrogen and oxygen atoms in total. The number of imidazole rings is 1. The second-order valence-corrected chi connectivity index (χ2v) is 6.50. The molecule has 0 bridgehead atoms. The minimum absolute atomic E-state index is 0.100. The molecule has 0 aliphatic rings. The van der Waals surface area contributed by atoms with E-state index < -0.39 is 0 Å². The quantitative estimate of drug-likeness (QED) is 0.367. The molecule has 2 heterocycles. The average molecular weight is 401 g/mol. The Balaban J connectivity index is 1.33. The van der Waals surface area contributed by atoms with Gasteiger partial charge in [0.25, 0.3) is 5.91 Å². The van der Waals surface area contributed by atoms with Gasteiger partial charge in [0.2, 0.25) is 11.8 Å². The van der Waals surface area contributed by atoms with Crippen LogP contribution in [0.3, 0.4) is 0 Å². The van der Waals surface area contributed by atoms with E-state index in [0.29, 0.717) is 42.3 Å². The first-order valence-electron chi connectivity index (χ1n) is 9.21. The van der Waals surface area contributed by atoms with Crippen LogP contribution in [0.5, 0.6) is 5.88 Å². The Bertz CT molecular complexity index is 1150. The number of anilines is 1. The SMILES string of the molecule is NCc1c#cc(C(=O)NCc2ccc(COc3nc(N)nc4nc[nH]c34)cc2)cc1. The number of rotatable bonds is 7. The molecule has 0 spiro atoms. The average Bonchev–Trinajstić information content (AvgIpc) is 3.25. The highest BCUT2D eigenvalue weighted by atomic mass is 16.5. The zero-order chi connectivity index (χ0) is 20.9. The standard InChI is InChI=1S/C21H19N7O2/c22-9-13-5-7-16(8-6-13)19(29)24-10-14-1-3-15(4-2-14)11-30-20-17-18(26-12-25-17)27-21(23)28-20/h1-5,7,12H,9-11,22H2,(H,24,29)(H3,23,25,26,27,28). The van der Waals surface area contributed by atoms with Gasteiger partial charge in [-0.3, -0.25) is 4.79 Å². The van der Waals surface area contributed by atoms with Crippen molar-refractivity contribution < 1.29 is 9.53 Å². The van der Waals surface area contributed by atoms with E-state index in [0.717, 1.165) is 16.7 Å². The van der Waals surface area contributed by atoms with Crippen LogP contribution in [-0.4, -0.2) is 25.8 Å². The molecule has 0 fully saturated rings. The summed E-state index contributed by atoms with van der Waals surface area (Å²) < 4.78 is 5.77. The number of aromatic nitrogens is 4. The molecule has 2 aromatic carbocycles. The van der Waals surface area contributed by atoms with Gasteiger partial charge in [-0.05, 0) is 23.3 Å². The fraction of sp³-hybridized carbons (Fsp3) is 0.143. The zero-order valence-corrected chi connectivity index (χ0v) is 16.0. The number of carbonyl (C=O) groups excluding carboxylic acids is 1. The Kier molecular flexibility index (Phi) is 5.41. The number of fused-ring (bicyclic) bond motifs is 1. The van der Waals surface area contributed by atoms with Gasteiger partial charge in [0, 0.05) is 18.7 Å². The van der Waals surface area contributed by atoms with Gasteiger partial charge in [0.1, 0.15) is 12.1 Å². The maximum atomic E-state index is 12.2. The summed E-state index contributed by atoms with van der Waals surface area (Å²) in [5, 5.41) is 2.86. The molecule has 0 aliphatic carbocycles. The van der Waals surface area contributed by atoms with E-state index >= 15 is 0 Å². The van der Waals surface area contributed by atoms with Gasteiger partial charge >= 0.3 is 0 Å². The first kappa shape index (κ1) is 19.2. The zero-order valence-electron chi connectivity index (χ0n) is 16.0. The number of carbonyl (C=O) groups is 1. The van der Waals surface area contributed by atoms with E-state index in [4.69, 9.17) is 16.2 Å². The molecular formula is C21H19N7O2. The lowest BCUT2D eigenvalue weighted by Crippen LogP contribution is -2.22. The topological polar surface area (TPSA) is 145 Å². The van der Waals surface area contributed by atoms with Crippen molar-refractivity contribution in [2.75, 3.05) is 5.73 Å². The molecule has 0 saturated heterocycles. The maximum absolute atomic E-state index is 12.2. The highest BCUT2D eigenvalue weighted by Gasteiger charge is 2.10. The van der Waals surface area contributed by atoms with Crippen molar-refractivity contribution in [2.45, 2.75) is 19.7 Å². The predicted molar refractivity (Wildman–Crippen MR) is 110 cm³/mol. The summed E-state index contributed by atoms with van der Waals surface area (Å²) in [6, 6.07) is 16.8. The van der Waals surface area contributed by atoms with Crippen molar-refractivity contribution in [3.8, 4) is 5.88 Å². The lowest BCUT2D eigenvalue weighted by atomic mass is 10.1. The molecule has 0 aliphatic heterocycles. The van der Waals surface area contributed by atoms with Gasteiger partial charge in [0.15, 0.2) is 5.65 Å². The van der Waals surface area contributed by atoms with Crippen molar-refractivity contribution in [1.82, 2.24) is 25.3 Å². The van der Waals surface area contributed by atoms with Gasteiger partial charge in [-0.2, -0.15) is 9.97 Å². The van der Waals surface area contributed by atoms with Crippen LogP contribution < -0.4 is 21.5 Å². The molecule has 0 radical (unpaired) electrons. The Morgan fingerprint density at radius 2 is 1.90 bits per heavy atom. The first-order valence-corrected chi connectivity index (χ1v) is 9.21. The summed E-state index contributed by atoms with van der Waals surface area (Å²) in [6.45, 7) is 1.06. The number of hydrogen-bond donors (Lipinski definition) is 4. The lowest BCUT2D eigenvalue weighted by Gasteiger charge is -2.08. The van der Waals surface area contributed by atoms with Gasteiger partial charge in [-0.15, -0.1) is 0 Å². The predicted octanol–water partition coefficient (Wildman–Crippen LogP) is 1.50. The Morgan fingerprint density at radius 3 is 2.63 bits per heavy atom. The third-order valence-corrected chi connectivity index (χ3v) is 4.39. The molecule has 6 N–H and O–H groups in total. The number of amides is 1. The number of hydrogen-bond acceptors (Lipinski definition) is 7. The minimum Gasteiger partial charge on any atom is -0.471 e. The van der Waals surface area contributed by atoms with Gasteiger partial charge in [0.05, 0.1) is 11.9 Å². The maximum Gasteiger partial charge on any atom is 0.260 e. The van der Waals surface area contributed by atoms with Gasteiger partial charge < -0.3 is 26.5 Å². The summed E-state index contributed by atoms with van der Waals surface area (Å²) >= 11 is 0. The van der Waals surface area contributed by atoms with E-state index in [-0.39, 0.29) is 11.9 Å². The molecule has 1 amide bonds. The Hall–Kier alpha value is -4.16.